The molecule has 0 aliphatic heterocycles. The standard InChI is InChI=1S/C16H21NO6/c1-10(17-14(21)23-15(2,3)4)12(18)16(22,13(19)20)11-8-6-5-7-9-11/h5-10,22H,1-4H3,(H,17,21)(H,19,20)/t10-,16?/m0/s1. The maximum Gasteiger partial charge on any atom is 0.408 e. The van der Waals surface area contributed by atoms with Crippen LogP contribution in [0, 0.1) is 0 Å². The Kier molecular flexibility index (Phi) is 5.50. The van der Waals surface area contributed by atoms with E-state index in [0.717, 1.165) is 0 Å². The van der Waals surface area contributed by atoms with Crippen LogP contribution in [0.1, 0.15) is 33.3 Å². The molecular formula is C16H21NO6. The predicted molar refractivity (Wildman–Crippen MR) is 81.8 cm³/mol. The fourth-order valence-electron chi connectivity index (χ4n) is 1.91. The van der Waals surface area contributed by atoms with Crippen LogP contribution in [-0.4, -0.2) is 39.7 Å². The molecule has 1 unspecified atom stereocenters. The average Bonchev–Trinajstić information content (AvgIpc) is 2.44. The molecule has 0 saturated carbocycles. The third-order valence-corrected chi connectivity index (χ3v) is 2.98. The SMILES string of the molecule is C[C@H](NC(=O)OC(C)(C)C)C(=O)C(O)(C(=O)O)c1ccccc1. The van der Waals surface area contributed by atoms with E-state index >= 15 is 0 Å². The summed E-state index contributed by atoms with van der Waals surface area (Å²) in [6.45, 7) is 6.23. The van der Waals surface area contributed by atoms with Gasteiger partial charge in [0.15, 0.2) is 0 Å². The molecule has 126 valence electrons. The number of carbonyl (C=O) groups is 3. The highest BCUT2D eigenvalue weighted by atomic mass is 16.6. The summed E-state index contributed by atoms with van der Waals surface area (Å²) in [7, 11) is 0. The number of carboxylic acid groups (broad SMARTS) is 1. The van der Waals surface area contributed by atoms with Crippen molar-refractivity contribution in [1.29, 1.82) is 0 Å². The Morgan fingerprint density at radius 3 is 2.09 bits per heavy atom. The number of hydrogen-bond donors (Lipinski definition) is 3. The highest BCUT2D eigenvalue weighted by Crippen LogP contribution is 2.24. The molecule has 0 aliphatic carbocycles. The van der Waals surface area contributed by atoms with Crippen LogP contribution in [0.2, 0.25) is 0 Å². The van der Waals surface area contributed by atoms with Crippen LogP contribution >= 0.6 is 0 Å². The Labute approximate surface area is 134 Å². The van der Waals surface area contributed by atoms with E-state index in [1.54, 1.807) is 26.8 Å². The fraction of sp³-hybridized carbons (Fsp3) is 0.438. The first-order valence-corrected chi connectivity index (χ1v) is 7.03. The number of aliphatic hydroxyl groups is 1. The number of hydrogen-bond acceptors (Lipinski definition) is 5. The molecule has 0 saturated heterocycles. The number of aliphatic carboxylic acids is 1. The van der Waals surface area contributed by atoms with Crippen LogP contribution in [0.25, 0.3) is 0 Å². The van der Waals surface area contributed by atoms with Crippen LogP contribution in [0.15, 0.2) is 30.3 Å². The van der Waals surface area contributed by atoms with Gasteiger partial charge in [-0.25, -0.2) is 9.59 Å². The first-order chi connectivity index (χ1) is 10.5. The molecule has 1 rings (SSSR count). The number of nitrogens with one attached hydrogen (secondary N) is 1. The van der Waals surface area contributed by atoms with Crippen molar-refractivity contribution in [3.8, 4) is 0 Å². The van der Waals surface area contributed by atoms with Crippen LogP contribution in [0.3, 0.4) is 0 Å². The molecule has 0 aliphatic rings. The quantitative estimate of drug-likeness (QED) is 0.707. The minimum absolute atomic E-state index is 0.0876. The summed E-state index contributed by atoms with van der Waals surface area (Å²) >= 11 is 0. The second-order valence-electron chi connectivity index (χ2n) is 6.11. The number of ketones is 1. The molecule has 0 aromatic heterocycles. The van der Waals surface area contributed by atoms with Gasteiger partial charge < -0.3 is 20.3 Å². The van der Waals surface area contributed by atoms with E-state index in [-0.39, 0.29) is 5.56 Å². The molecule has 0 radical (unpaired) electrons. The van der Waals surface area contributed by atoms with Gasteiger partial charge in [0, 0.05) is 5.56 Å². The first kappa shape index (κ1) is 18.6. The van der Waals surface area contributed by atoms with E-state index < -0.39 is 35.1 Å². The molecular weight excluding hydrogens is 302 g/mol. The van der Waals surface area contributed by atoms with E-state index in [1.165, 1.54) is 31.2 Å². The van der Waals surface area contributed by atoms with E-state index in [0.29, 0.717) is 0 Å². The molecule has 3 N–H and O–H groups in total. The molecule has 1 amide bonds. The number of alkyl carbamates (subject to hydrolysis) is 1. The third-order valence-electron chi connectivity index (χ3n) is 2.98. The zero-order chi connectivity index (χ0) is 17.8. The summed E-state index contributed by atoms with van der Waals surface area (Å²) in [5.74, 6) is -2.78. The average molecular weight is 323 g/mol. The number of ether oxygens (including phenoxy) is 1. The maximum absolute atomic E-state index is 12.4. The summed E-state index contributed by atoms with van der Waals surface area (Å²) in [4.78, 5) is 35.6. The first-order valence-electron chi connectivity index (χ1n) is 7.03. The van der Waals surface area contributed by atoms with Crippen LogP contribution in [-0.2, 0) is 19.9 Å². The highest BCUT2D eigenvalue weighted by molar-refractivity contribution is 6.09. The lowest BCUT2D eigenvalue weighted by Crippen LogP contribution is -2.53. The number of amides is 1. The number of rotatable bonds is 5. The van der Waals surface area contributed by atoms with Crippen LogP contribution < -0.4 is 5.32 Å². The molecule has 7 heteroatoms. The normalized spacial score (nSPS) is 15.2. The van der Waals surface area contributed by atoms with Gasteiger partial charge in [-0.2, -0.15) is 0 Å². The van der Waals surface area contributed by atoms with Crippen molar-refractivity contribution in [2.75, 3.05) is 0 Å². The fourth-order valence-corrected chi connectivity index (χ4v) is 1.91. The van der Waals surface area contributed by atoms with Crippen LogP contribution in [0.5, 0.6) is 0 Å². The molecule has 23 heavy (non-hydrogen) atoms. The molecule has 2 atom stereocenters. The van der Waals surface area contributed by atoms with Gasteiger partial charge in [0.1, 0.15) is 5.60 Å². The number of carboxylic acids is 1. The Morgan fingerprint density at radius 1 is 1.13 bits per heavy atom. The van der Waals surface area contributed by atoms with Crippen LogP contribution in [0.4, 0.5) is 4.79 Å². The van der Waals surface area contributed by atoms with Crippen molar-refractivity contribution in [3.63, 3.8) is 0 Å². The van der Waals surface area contributed by atoms with E-state index in [1.807, 2.05) is 0 Å². The van der Waals surface area contributed by atoms with Crippen molar-refractivity contribution in [3.05, 3.63) is 35.9 Å². The molecule has 0 heterocycles. The Morgan fingerprint density at radius 2 is 1.65 bits per heavy atom. The molecule has 1 aromatic carbocycles. The summed E-state index contributed by atoms with van der Waals surface area (Å²) in [5, 5.41) is 21.9. The van der Waals surface area contributed by atoms with Gasteiger partial charge in [-0.3, -0.25) is 4.79 Å². The minimum atomic E-state index is -2.75. The van der Waals surface area contributed by atoms with E-state index in [2.05, 4.69) is 5.32 Å². The van der Waals surface area contributed by atoms with Crippen molar-refractivity contribution in [2.45, 2.75) is 44.9 Å². The zero-order valence-corrected chi connectivity index (χ0v) is 13.5. The largest absolute Gasteiger partial charge is 0.478 e. The second kappa shape index (κ2) is 6.78. The number of carbonyl (C=O) groups excluding carboxylic acids is 2. The highest BCUT2D eigenvalue weighted by Gasteiger charge is 2.48. The van der Waals surface area contributed by atoms with Crippen molar-refractivity contribution < 1.29 is 29.3 Å². The van der Waals surface area contributed by atoms with Gasteiger partial charge in [-0.1, -0.05) is 30.3 Å². The van der Waals surface area contributed by atoms with Crippen molar-refractivity contribution >= 4 is 17.8 Å². The Bertz CT molecular complexity index is 592. The van der Waals surface area contributed by atoms with Gasteiger partial charge in [0.25, 0.3) is 0 Å². The van der Waals surface area contributed by atoms with Gasteiger partial charge in [-0.15, -0.1) is 0 Å². The number of benzene rings is 1. The molecule has 1 aromatic rings. The molecule has 0 fully saturated rings. The zero-order valence-electron chi connectivity index (χ0n) is 13.5. The van der Waals surface area contributed by atoms with E-state index in [9.17, 15) is 24.6 Å². The minimum Gasteiger partial charge on any atom is -0.478 e. The smallest absolute Gasteiger partial charge is 0.408 e. The predicted octanol–water partition coefficient (Wildman–Crippen LogP) is 1.44. The number of Topliss-reactive ketones (excluding diaryl/α,β-unsaturated/α-hetero) is 1. The lowest BCUT2D eigenvalue weighted by molar-refractivity contribution is -0.167. The maximum atomic E-state index is 12.4. The van der Waals surface area contributed by atoms with Crippen molar-refractivity contribution in [2.24, 2.45) is 0 Å². The Balaban J connectivity index is 2.99. The summed E-state index contributed by atoms with van der Waals surface area (Å²) in [6, 6.07) is 6.02. The van der Waals surface area contributed by atoms with E-state index in [4.69, 9.17) is 4.74 Å². The summed E-state index contributed by atoms with van der Waals surface area (Å²) in [6.07, 6.45) is -0.876. The summed E-state index contributed by atoms with van der Waals surface area (Å²) in [5.41, 5.74) is -3.61. The third kappa shape index (κ3) is 4.53. The molecule has 7 nitrogen and oxygen atoms in total. The van der Waals surface area contributed by atoms with Gasteiger partial charge in [0.2, 0.25) is 11.4 Å². The topological polar surface area (TPSA) is 113 Å². The van der Waals surface area contributed by atoms with Gasteiger partial charge in [0.05, 0.1) is 6.04 Å². The van der Waals surface area contributed by atoms with Crippen molar-refractivity contribution in [1.82, 2.24) is 5.32 Å². The lowest BCUT2D eigenvalue weighted by atomic mass is 9.86. The van der Waals surface area contributed by atoms with Gasteiger partial charge in [-0.05, 0) is 27.7 Å². The Hall–Kier alpha value is -2.41. The second-order valence-corrected chi connectivity index (χ2v) is 6.11. The summed E-state index contributed by atoms with van der Waals surface area (Å²) < 4.78 is 5.01. The lowest BCUT2D eigenvalue weighted by Gasteiger charge is -2.27. The molecule has 0 bridgehead atoms. The monoisotopic (exact) mass is 323 g/mol. The molecule has 0 spiro atoms. The van der Waals surface area contributed by atoms with Gasteiger partial charge >= 0.3 is 12.1 Å².